The highest BCUT2D eigenvalue weighted by Gasteiger charge is 2.45. The maximum Gasteiger partial charge on any atom is 0.261 e. The number of aryl methyl sites for hydroxylation is 1. The molecule has 3 aromatic rings. The van der Waals surface area contributed by atoms with Gasteiger partial charge in [0.25, 0.3) is 11.8 Å². The Kier molecular flexibility index (Phi) is 3.25. The molecule has 2 heterocycles. The number of rotatable bonds is 3. The van der Waals surface area contributed by atoms with Crippen LogP contribution >= 0.6 is 11.6 Å². The maximum atomic E-state index is 12.6. The van der Waals surface area contributed by atoms with Gasteiger partial charge in [-0.1, -0.05) is 23.7 Å². The zero-order chi connectivity index (χ0) is 18.0. The van der Waals surface area contributed by atoms with Crippen LogP contribution in [0.1, 0.15) is 38.6 Å². The van der Waals surface area contributed by atoms with Gasteiger partial charge in [0.1, 0.15) is 0 Å². The second kappa shape index (κ2) is 5.42. The second-order valence-electron chi connectivity index (χ2n) is 7.07. The van der Waals surface area contributed by atoms with Gasteiger partial charge in [-0.05, 0) is 48.1 Å². The zero-order valence-corrected chi connectivity index (χ0v) is 14.9. The van der Waals surface area contributed by atoms with Crippen molar-refractivity contribution in [3.8, 4) is 0 Å². The largest absolute Gasteiger partial charge is 0.275 e. The number of fused-ring (bicyclic) bond motifs is 2. The van der Waals surface area contributed by atoms with E-state index in [0.717, 1.165) is 27.9 Å². The SMILES string of the molecule is Cn1cc2c(C3CC3CN3C(=O)c4ccccc4C3=O)c(Cl)ccc2n1. The van der Waals surface area contributed by atoms with Gasteiger partial charge in [0.2, 0.25) is 0 Å². The summed E-state index contributed by atoms with van der Waals surface area (Å²) in [6, 6.07) is 10.8. The molecule has 0 bridgehead atoms. The summed E-state index contributed by atoms with van der Waals surface area (Å²) >= 11 is 6.48. The van der Waals surface area contributed by atoms with E-state index in [-0.39, 0.29) is 23.7 Å². The zero-order valence-electron chi connectivity index (χ0n) is 14.1. The fourth-order valence-corrected chi connectivity index (χ4v) is 4.33. The summed E-state index contributed by atoms with van der Waals surface area (Å²) < 4.78 is 1.78. The molecule has 0 spiro atoms. The molecule has 6 heteroatoms. The second-order valence-corrected chi connectivity index (χ2v) is 7.47. The molecule has 2 aliphatic rings. The van der Waals surface area contributed by atoms with Gasteiger partial charge in [-0.2, -0.15) is 5.10 Å². The predicted molar refractivity (Wildman–Crippen MR) is 98.4 cm³/mol. The molecule has 0 saturated heterocycles. The van der Waals surface area contributed by atoms with Gasteiger partial charge in [0, 0.05) is 30.2 Å². The van der Waals surface area contributed by atoms with Crippen LogP contribution in [0.3, 0.4) is 0 Å². The normalized spacial score (nSPS) is 21.5. The molecule has 2 amide bonds. The summed E-state index contributed by atoms with van der Waals surface area (Å²) in [5, 5.41) is 6.22. The van der Waals surface area contributed by atoms with Crippen LogP contribution in [-0.2, 0) is 7.05 Å². The third-order valence-electron chi connectivity index (χ3n) is 5.38. The van der Waals surface area contributed by atoms with Gasteiger partial charge in [0.05, 0.1) is 16.6 Å². The number of imide groups is 1. The lowest BCUT2D eigenvalue weighted by Crippen LogP contribution is -2.32. The molecule has 130 valence electrons. The number of hydrogen-bond donors (Lipinski definition) is 0. The van der Waals surface area contributed by atoms with Crippen molar-refractivity contribution < 1.29 is 9.59 Å². The third kappa shape index (κ3) is 2.20. The minimum absolute atomic E-state index is 0.193. The lowest BCUT2D eigenvalue weighted by Gasteiger charge is -2.14. The number of benzene rings is 2. The molecule has 2 atom stereocenters. The molecule has 5 nitrogen and oxygen atoms in total. The Morgan fingerprint density at radius 2 is 1.81 bits per heavy atom. The quantitative estimate of drug-likeness (QED) is 0.666. The molecule has 1 saturated carbocycles. The third-order valence-corrected chi connectivity index (χ3v) is 5.71. The Balaban J connectivity index is 1.42. The standard InChI is InChI=1S/C20H16ClN3O2/c1-23-10-15-17(22-23)7-6-16(21)18(15)14-8-11(14)9-24-19(25)12-4-2-3-5-13(12)20(24)26/h2-7,10-11,14H,8-9H2,1H3. The van der Waals surface area contributed by atoms with E-state index in [4.69, 9.17) is 11.6 Å². The first kappa shape index (κ1) is 15.6. The van der Waals surface area contributed by atoms with Crippen molar-refractivity contribution in [2.24, 2.45) is 13.0 Å². The highest BCUT2D eigenvalue weighted by molar-refractivity contribution is 6.32. The average molecular weight is 366 g/mol. The van der Waals surface area contributed by atoms with Gasteiger partial charge in [-0.3, -0.25) is 19.2 Å². The summed E-state index contributed by atoms with van der Waals surface area (Å²) in [6.45, 7) is 0.435. The van der Waals surface area contributed by atoms with E-state index in [2.05, 4.69) is 5.10 Å². The van der Waals surface area contributed by atoms with E-state index >= 15 is 0 Å². The summed E-state index contributed by atoms with van der Waals surface area (Å²) in [7, 11) is 1.89. The molecule has 2 unspecified atom stereocenters. The monoisotopic (exact) mass is 365 g/mol. The fourth-order valence-electron chi connectivity index (χ4n) is 4.03. The molecule has 1 aliphatic heterocycles. The number of nitrogens with zero attached hydrogens (tertiary/aromatic N) is 3. The van der Waals surface area contributed by atoms with Gasteiger partial charge >= 0.3 is 0 Å². The van der Waals surface area contributed by atoms with Gasteiger partial charge in [0.15, 0.2) is 0 Å². The van der Waals surface area contributed by atoms with Gasteiger partial charge in [-0.25, -0.2) is 0 Å². The van der Waals surface area contributed by atoms with Crippen molar-refractivity contribution in [2.75, 3.05) is 6.54 Å². The van der Waals surface area contributed by atoms with Crippen molar-refractivity contribution >= 4 is 34.3 Å². The van der Waals surface area contributed by atoms with Gasteiger partial charge < -0.3 is 0 Å². The number of carbonyl (C=O) groups excluding carboxylic acids is 2. The first-order valence-corrected chi connectivity index (χ1v) is 8.99. The van der Waals surface area contributed by atoms with Crippen LogP contribution in [-0.4, -0.2) is 33.0 Å². The van der Waals surface area contributed by atoms with E-state index in [0.29, 0.717) is 17.7 Å². The van der Waals surface area contributed by atoms with Crippen LogP contribution < -0.4 is 0 Å². The topological polar surface area (TPSA) is 55.2 Å². The number of carbonyl (C=O) groups is 2. The average Bonchev–Trinajstić information content (AvgIpc) is 3.21. The summed E-state index contributed by atoms with van der Waals surface area (Å²) in [5.74, 6) is 0.101. The van der Waals surface area contributed by atoms with Crippen LogP contribution in [0.2, 0.25) is 5.02 Å². The molecular formula is C20H16ClN3O2. The summed E-state index contributed by atoms with van der Waals surface area (Å²) in [6.07, 6.45) is 2.90. The Morgan fingerprint density at radius 1 is 1.12 bits per heavy atom. The molecule has 2 aromatic carbocycles. The van der Waals surface area contributed by atoms with E-state index in [1.54, 1.807) is 28.9 Å². The molecule has 0 N–H and O–H groups in total. The first-order chi connectivity index (χ1) is 12.5. The van der Waals surface area contributed by atoms with Crippen molar-refractivity contribution in [3.05, 3.63) is 64.3 Å². The van der Waals surface area contributed by atoms with Crippen molar-refractivity contribution in [1.29, 1.82) is 0 Å². The van der Waals surface area contributed by atoms with Crippen LogP contribution in [0, 0.1) is 5.92 Å². The molecule has 1 aliphatic carbocycles. The lowest BCUT2D eigenvalue weighted by molar-refractivity contribution is 0.0646. The minimum atomic E-state index is -0.193. The molecule has 0 radical (unpaired) electrons. The van der Waals surface area contributed by atoms with Gasteiger partial charge in [-0.15, -0.1) is 0 Å². The van der Waals surface area contributed by atoms with Crippen LogP contribution in [0.25, 0.3) is 10.9 Å². The predicted octanol–water partition coefficient (Wildman–Crippen LogP) is 3.63. The first-order valence-electron chi connectivity index (χ1n) is 8.61. The lowest BCUT2D eigenvalue weighted by atomic mass is 10.0. The highest BCUT2D eigenvalue weighted by atomic mass is 35.5. The van der Waals surface area contributed by atoms with Crippen LogP contribution in [0.5, 0.6) is 0 Å². The van der Waals surface area contributed by atoms with Crippen LogP contribution in [0.4, 0.5) is 0 Å². The number of halogens is 1. The van der Waals surface area contributed by atoms with Crippen molar-refractivity contribution in [2.45, 2.75) is 12.3 Å². The minimum Gasteiger partial charge on any atom is -0.275 e. The van der Waals surface area contributed by atoms with E-state index in [1.807, 2.05) is 25.4 Å². The molecule has 1 fully saturated rings. The van der Waals surface area contributed by atoms with Crippen molar-refractivity contribution in [3.63, 3.8) is 0 Å². The number of amides is 2. The number of hydrogen-bond acceptors (Lipinski definition) is 3. The molecule has 26 heavy (non-hydrogen) atoms. The fraction of sp³-hybridized carbons (Fsp3) is 0.250. The Bertz CT molecular complexity index is 1050. The van der Waals surface area contributed by atoms with Crippen LogP contribution in [0.15, 0.2) is 42.6 Å². The Hall–Kier alpha value is -2.66. The number of aromatic nitrogens is 2. The Morgan fingerprint density at radius 3 is 2.50 bits per heavy atom. The van der Waals surface area contributed by atoms with E-state index < -0.39 is 0 Å². The van der Waals surface area contributed by atoms with E-state index in [9.17, 15) is 9.59 Å². The highest BCUT2D eigenvalue weighted by Crippen LogP contribution is 2.52. The summed E-state index contributed by atoms with van der Waals surface area (Å²) in [5.41, 5.74) is 3.00. The molecule has 5 rings (SSSR count). The molecule has 1 aromatic heterocycles. The maximum absolute atomic E-state index is 12.6. The Labute approximate surface area is 155 Å². The smallest absolute Gasteiger partial charge is 0.261 e. The molecular weight excluding hydrogens is 350 g/mol. The van der Waals surface area contributed by atoms with Crippen molar-refractivity contribution in [1.82, 2.24) is 14.7 Å². The van der Waals surface area contributed by atoms with E-state index in [1.165, 1.54) is 4.90 Å². The summed E-state index contributed by atoms with van der Waals surface area (Å²) in [4.78, 5) is 26.5.